The number of carbonyl (C=O) groups excluding carboxylic acids is 2. The van der Waals surface area contributed by atoms with Crippen LogP contribution in [0.25, 0.3) is 0 Å². The molecule has 0 unspecified atom stereocenters. The number of allylic oxidation sites excluding steroid dienone is 1. The Morgan fingerprint density at radius 1 is 1.21 bits per heavy atom. The highest BCUT2D eigenvalue weighted by atomic mass is 16.5. The van der Waals surface area contributed by atoms with Crippen LogP contribution < -0.4 is 19.7 Å². The molecule has 2 aromatic carbocycles. The number of nitrogens with one attached hydrogen (secondary N) is 1. The highest BCUT2D eigenvalue weighted by molar-refractivity contribution is 5.96. The summed E-state index contributed by atoms with van der Waals surface area (Å²) < 4.78 is 11.0. The molecule has 29 heavy (non-hydrogen) atoms. The number of rotatable bonds is 8. The largest absolute Gasteiger partial charge is 0.493 e. The maximum Gasteiger partial charge on any atom is 0.262 e. The summed E-state index contributed by atoms with van der Waals surface area (Å²) in [4.78, 5) is 26.2. The molecule has 0 bridgehead atoms. The zero-order valence-electron chi connectivity index (χ0n) is 16.6. The molecule has 0 atom stereocenters. The summed E-state index contributed by atoms with van der Waals surface area (Å²) in [7, 11) is 1.56. The summed E-state index contributed by atoms with van der Waals surface area (Å²) in [6.45, 7) is 4.29. The zero-order chi connectivity index (χ0) is 20.6. The molecule has 1 saturated heterocycles. The molecule has 2 amide bonds. The van der Waals surface area contributed by atoms with Crippen LogP contribution in [-0.2, 0) is 16.0 Å². The van der Waals surface area contributed by atoms with E-state index in [9.17, 15) is 9.59 Å². The first-order valence-corrected chi connectivity index (χ1v) is 9.71. The lowest BCUT2D eigenvalue weighted by Gasteiger charge is -2.27. The van der Waals surface area contributed by atoms with Gasteiger partial charge in [0.2, 0.25) is 5.91 Å². The van der Waals surface area contributed by atoms with Gasteiger partial charge in [0.1, 0.15) is 0 Å². The molecule has 3 rings (SSSR count). The second-order valence-corrected chi connectivity index (χ2v) is 6.87. The normalized spacial score (nSPS) is 13.7. The molecular formula is C23H26N2O4. The topological polar surface area (TPSA) is 67.9 Å². The summed E-state index contributed by atoms with van der Waals surface area (Å²) in [5.74, 6) is 0.908. The van der Waals surface area contributed by atoms with Gasteiger partial charge in [0.05, 0.1) is 7.11 Å². The lowest BCUT2D eigenvalue weighted by molar-refractivity contribution is -0.119. The van der Waals surface area contributed by atoms with E-state index < -0.39 is 0 Å². The summed E-state index contributed by atoms with van der Waals surface area (Å²) in [6.07, 6.45) is 5.03. The van der Waals surface area contributed by atoms with Gasteiger partial charge in [0.25, 0.3) is 5.91 Å². The number of piperidine rings is 1. The van der Waals surface area contributed by atoms with Crippen LogP contribution >= 0.6 is 0 Å². The minimum absolute atomic E-state index is 0.120. The number of nitrogens with zero attached hydrogens (tertiary/aromatic N) is 1. The minimum Gasteiger partial charge on any atom is -0.493 e. The van der Waals surface area contributed by atoms with Crippen LogP contribution in [0, 0.1) is 0 Å². The first-order valence-electron chi connectivity index (χ1n) is 9.71. The average molecular weight is 394 g/mol. The zero-order valence-corrected chi connectivity index (χ0v) is 16.6. The van der Waals surface area contributed by atoms with Crippen molar-refractivity contribution < 1.29 is 19.1 Å². The van der Waals surface area contributed by atoms with Crippen molar-refractivity contribution in [3.05, 3.63) is 60.7 Å². The van der Waals surface area contributed by atoms with E-state index in [0.29, 0.717) is 30.2 Å². The van der Waals surface area contributed by atoms with E-state index in [1.165, 1.54) is 0 Å². The van der Waals surface area contributed by atoms with Crippen molar-refractivity contribution in [2.45, 2.75) is 25.7 Å². The molecule has 0 radical (unpaired) electrons. The SMILES string of the molecule is C=CCc1ccc(OCC(=O)Nc2cccc(N3CCCCC3=O)c2)c(OC)c1. The quantitative estimate of drug-likeness (QED) is 0.688. The maximum absolute atomic E-state index is 12.3. The number of ether oxygens (including phenoxy) is 2. The Bertz CT molecular complexity index is 894. The molecule has 1 fully saturated rings. The number of hydrogen-bond acceptors (Lipinski definition) is 4. The van der Waals surface area contributed by atoms with Gasteiger partial charge in [-0.3, -0.25) is 9.59 Å². The van der Waals surface area contributed by atoms with Crippen LogP contribution in [0.3, 0.4) is 0 Å². The van der Waals surface area contributed by atoms with Crippen molar-refractivity contribution in [2.24, 2.45) is 0 Å². The van der Waals surface area contributed by atoms with Crippen LogP contribution in [0.1, 0.15) is 24.8 Å². The third kappa shape index (κ3) is 5.38. The predicted octanol–water partition coefficient (Wildman–Crippen LogP) is 3.96. The molecule has 6 nitrogen and oxygen atoms in total. The number of amides is 2. The third-order valence-corrected chi connectivity index (χ3v) is 4.73. The van der Waals surface area contributed by atoms with Gasteiger partial charge in [-0.15, -0.1) is 6.58 Å². The minimum atomic E-state index is -0.288. The molecule has 1 N–H and O–H groups in total. The third-order valence-electron chi connectivity index (χ3n) is 4.73. The van der Waals surface area contributed by atoms with Gasteiger partial charge < -0.3 is 19.7 Å². The summed E-state index contributed by atoms with van der Waals surface area (Å²) in [5, 5.41) is 2.82. The molecule has 1 heterocycles. The monoisotopic (exact) mass is 394 g/mol. The molecule has 152 valence electrons. The molecule has 1 aliphatic rings. The van der Waals surface area contributed by atoms with Crippen molar-refractivity contribution in [3.63, 3.8) is 0 Å². The number of benzene rings is 2. The molecule has 6 heteroatoms. The fraction of sp³-hybridized carbons (Fsp3) is 0.304. The van der Waals surface area contributed by atoms with Gasteiger partial charge in [-0.2, -0.15) is 0 Å². The summed E-state index contributed by atoms with van der Waals surface area (Å²) in [5.41, 5.74) is 2.48. The molecule has 0 saturated carbocycles. The number of carbonyl (C=O) groups is 2. The first kappa shape index (κ1) is 20.5. The van der Waals surface area contributed by atoms with Crippen molar-refractivity contribution >= 4 is 23.2 Å². The van der Waals surface area contributed by atoms with E-state index in [1.54, 1.807) is 24.1 Å². The van der Waals surface area contributed by atoms with E-state index in [2.05, 4.69) is 11.9 Å². The fourth-order valence-electron chi connectivity index (χ4n) is 3.30. The fourth-order valence-corrected chi connectivity index (χ4v) is 3.30. The van der Waals surface area contributed by atoms with E-state index in [0.717, 1.165) is 30.5 Å². The first-order chi connectivity index (χ1) is 14.1. The van der Waals surface area contributed by atoms with E-state index in [1.807, 2.05) is 36.4 Å². The molecule has 2 aromatic rings. The van der Waals surface area contributed by atoms with Gasteiger partial charge in [0.15, 0.2) is 18.1 Å². The molecule has 0 aromatic heterocycles. The van der Waals surface area contributed by atoms with Gasteiger partial charge in [-0.25, -0.2) is 0 Å². The Morgan fingerprint density at radius 2 is 2.07 bits per heavy atom. The smallest absolute Gasteiger partial charge is 0.262 e. The predicted molar refractivity (Wildman–Crippen MR) is 114 cm³/mol. The summed E-state index contributed by atoms with van der Waals surface area (Å²) in [6, 6.07) is 12.9. The number of methoxy groups -OCH3 is 1. The van der Waals surface area contributed by atoms with Gasteiger partial charge in [-0.1, -0.05) is 18.2 Å². The van der Waals surface area contributed by atoms with Crippen LogP contribution in [-0.4, -0.2) is 32.1 Å². The Hall–Kier alpha value is -3.28. The van der Waals surface area contributed by atoms with E-state index in [-0.39, 0.29) is 18.4 Å². The lowest BCUT2D eigenvalue weighted by Crippen LogP contribution is -2.35. The van der Waals surface area contributed by atoms with Gasteiger partial charge in [0, 0.05) is 24.3 Å². The van der Waals surface area contributed by atoms with E-state index in [4.69, 9.17) is 9.47 Å². The van der Waals surface area contributed by atoms with E-state index >= 15 is 0 Å². The van der Waals surface area contributed by atoms with Gasteiger partial charge >= 0.3 is 0 Å². The second kappa shape index (κ2) is 9.78. The Labute approximate surface area is 171 Å². The van der Waals surface area contributed by atoms with Gasteiger partial charge in [-0.05, 0) is 55.2 Å². The molecule has 0 spiro atoms. The number of hydrogen-bond donors (Lipinski definition) is 1. The highest BCUT2D eigenvalue weighted by Crippen LogP contribution is 2.28. The average Bonchev–Trinajstić information content (AvgIpc) is 2.73. The van der Waals surface area contributed by atoms with Crippen molar-refractivity contribution in [3.8, 4) is 11.5 Å². The molecular weight excluding hydrogens is 368 g/mol. The summed E-state index contributed by atoms with van der Waals surface area (Å²) >= 11 is 0. The Balaban J connectivity index is 1.60. The lowest BCUT2D eigenvalue weighted by atomic mass is 10.1. The van der Waals surface area contributed by atoms with Crippen molar-refractivity contribution in [1.29, 1.82) is 0 Å². The standard InChI is InChI=1S/C23H26N2O4/c1-3-7-17-11-12-20(21(14-17)28-2)29-16-22(26)24-18-8-6-9-19(15-18)25-13-5-4-10-23(25)27/h3,6,8-9,11-12,14-15H,1,4-5,7,10,13,16H2,2H3,(H,24,26). The van der Waals surface area contributed by atoms with Crippen LogP contribution in [0.5, 0.6) is 11.5 Å². The van der Waals surface area contributed by atoms with Crippen LogP contribution in [0.15, 0.2) is 55.1 Å². The van der Waals surface area contributed by atoms with Crippen molar-refractivity contribution in [2.75, 3.05) is 30.5 Å². The van der Waals surface area contributed by atoms with Crippen molar-refractivity contribution in [1.82, 2.24) is 0 Å². The molecule has 1 aliphatic heterocycles. The Kier molecular flexibility index (Phi) is 6.89. The van der Waals surface area contributed by atoms with Crippen LogP contribution in [0.4, 0.5) is 11.4 Å². The second-order valence-electron chi connectivity index (χ2n) is 6.87. The Morgan fingerprint density at radius 3 is 2.83 bits per heavy atom. The van der Waals surface area contributed by atoms with Crippen LogP contribution in [0.2, 0.25) is 0 Å². The highest BCUT2D eigenvalue weighted by Gasteiger charge is 2.19. The maximum atomic E-state index is 12.3. The number of anilines is 2. The molecule has 0 aliphatic carbocycles.